The molecule has 0 bridgehead atoms. The highest BCUT2D eigenvalue weighted by molar-refractivity contribution is 7.73. The molecule has 0 aliphatic heterocycles. The number of carbonyl (C=O) groups is 1. The molecule has 1 atom stereocenters. The van der Waals surface area contributed by atoms with Crippen LogP contribution >= 0.6 is 0 Å². The van der Waals surface area contributed by atoms with Crippen LogP contribution in [-0.2, 0) is 15.1 Å². The van der Waals surface area contributed by atoms with Gasteiger partial charge in [-0.1, -0.05) is 12.2 Å². The normalized spacial score (nSPS) is 17.1. The molecule has 6 heteroatoms. The fraction of sp³-hybridized carbons (Fsp3) is 0.333. The van der Waals surface area contributed by atoms with Gasteiger partial charge in [-0.15, -0.1) is 0 Å². The quantitative estimate of drug-likeness (QED) is 0.649. The minimum atomic E-state index is -2.20. The Hall–Kier alpha value is -1.40. The van der Waals surface area contributed by atoms with Crippen LogP contribution < -0.4 is 5.73 Å². The van der Waals surface area contributed by atoms with E-state index >= 15 is 0 Å². The van der Waals surface area contributed by atoms with E-state index in [-0.39, 0.29) is 6.42 Å². The average molecular weight is 229 g/mol. The lowest BCUT2D eigenvalue weighted by atomic mass is 10.0. The molecule has 1 aliphatic carbocycles. The van der Waals surface area contributed by atoms with Gasteiger partial charge < -0.3 is 10.8 Å². The van der Waals surface area contributed by atoms with Crippen LogP contribution in [0.2, 0.25) is 0 Å². The number of allylic oxidation sites excluding steroid dienone is 3. The summed E-state index contributed by atoms with van der Waals surface area (Å²) in [6.07, 6.45) is 5.23. The Kier molecular flexibility index (Phi) is 3.81. The van der Waals surface area contributed by atoms with Gasteiger partial charge in [-0.3, -0.25) is 4.79 Å². The van der Waals surface area contributed by atoms with Gasteiger partial charge in [0.25, 0.3) is 0 Å². The molecule has 0 aromatic carbocycles. The van der Waals surface area contributed by atoms with Gasteiger partial charge in [0, 0.05) is 6.42 Å². The van der Waals surface area contributed by atoms with Crippen LogP contribution in [0.25, 0.3) is 0 Å². The van der Waals surface area contributed by atoms with E-state index < -0.39 is 22.3 Å². The number of hydrogen-bond donors (Lipinski definition) is 2. The predicted octanol–water partition coefficient (Wildman–Crippen LogP) is -0.274. The molecule has 0 saturated carbocycles. The molecule has 1 aliphatic rings. The third-order valence-corrected chi connectivity index (χ3v) is 2.77. The number of carboxylic acids is 1. The second-order valence-electron chi connectivity index (χ2n) is 3.17. The number of carboxylic acid groups (broad SMARTS) is 1. The molecule has 3 N–H and O–H groups in total. The fourth-order valence-electron chi connectivity index (χ4n) is 1.18. The Morgan fingerprint density at radius 1 is 1.53 bits per heavy atom. The highest BCUT2D eigenvalue weighted by atomic mass is 32.2. The zero-order chi connectivity index (χ0) is 11.4. The van der Waals surface area contributed by atoms with Gasteiger partial charge in [0.2, 0.25) is 10.3 Å². The summed E-state index contributed by atoms with van der Waals surface area (Å²) in [4.78, 5) is 10.8. The van der Waals surface area contributed by atoms with Gasteiger partial charge >= 0.3 is 5.97 Å². The molecule has 15 heavy (non-hydrogen) atoms. The molecule has 0 unspecified atom stereocenters. The second kappa shape index (κ2) is 4.90. The number of hydrogen-bond acceptors (Lipinski definition) is 4. The fourth-order valence-corrected chi connectivity index (χ4v) is 1.58. The van der Waals surface area contributed by atoms with Gasteiger partial charge in [0.15, 0.2) is 0 Å². The largest absolute Gasteiger partial charge is 0.480 e. The van der Waals surface area contributed by atoms with E-state index in [1.165, 1.54) is 6.08 Å². The molecule has 0 aromatic heterocycles. The summed E-state index contributed by atoms with van der Waals surface area (Å²) in [5.74, 6) is -1.06. The summed E-state index contributed by atoms with van der Waals surface area (Å²) in [5, 5.41) is 8.57. The van der Waals surface area contributed by atoms with Crippen LogP contribution in [0.4, 0.5) is 0 Å². The van der Waals surface area contributed by atoms with Crippen molar-refractivity contribution in [1.29, 1.82) is 0 Å². The van der Waals surface area contributed by atoms with E-state index in [1.54, 1.807) is 12.2 Å². The Morgan fingerprint density at radius 2 is 2.20 bits per heavy atom. The number of aliphatic carboxylic acids is 1. The molecule has 0 heterocycles. The first-order valence-electron chi connectivity index (χ1n) is 4.31. The van der Waals surface area contributed by atoms with E-state index in [9.17, 15) is 13.2 Å². The van der Waals surface area contributed by atoms with Crippen LogP contribution in [0.3, 0.4) is 0 Å². The molecule has 0 amide bonds. The Morgan fingerprint density at radius 3 is 2.60 bits per heavy atom. The van der Waals surface area contributed by atoms with Gasteiger partial charge in [0.05, 0.1) is 4.86 Å². The molecule has 0 fully saturated rings. The van der Waals surface area contributed by atoms with Gasteiger partial charge in [0.1, 0.15) is 6.04 Å². The molecule has 0 aromatic rings. The summed E-state index contributed by atoms with van der Waals surface area (Å²) in [7, 11) is -2.20. The summed E-state index contributed by atoms with van der Waals surface area (Å²) < 4.78 is 21.1. The first kappa shape index (κ1) is 11.7. The van der Waals surface area contributed by atoms with Crippen LogP contribution in [0.15, 0.2) is 23.8 Å². The lowest BCUT2D eigenvalue weighted by molar-refractivity contribution is -0.138. The third-order valence-electron chi connectivity index (χ3n) is 2.04. The van der Waals surface area contributed by atoms with Gasteiger partial charge in [-0.05, 0) is 18.1 Å². The Bertz CT molecular complexity index is 451. The van der Waals surface area contributed by atoms with Crippen molar-refractivity contribution in [1.82, 2.24) is 0 Å². The van der Waals surface area contributed by atoms with Crippen molar-refractivity contribution >= 4 is 21.1 Å². The van der Waals surface area contributed by atoms with Crippen molar-refractivity contribution in [2.75, 3.05) is 0 Å². The molecule has 0 radical (unpaired) electrons. The smallest absolute Gasteiger partial charge is 0.320 e. The second-order valence-corrected chi connectivity index (χ2v) is 4.16. The highest BCUT2D eigenvalue weighted by Crippen LogP contribution is 2.12. The van der Waals surface area contributed by atoms with Gasteiger partial charge in [-0.2, -0.15) is 8.42 Å². The highest BCUT2D eigenvalue weighted by Gasteiger charge is 2.14. The molecule has 5 nitrogen and oxygen atoms in total. The van der Waals surface area contributed by atoms with E-state index in [4.69, 9.17) is 10.8 Å². The maximum atomic E-state index is 10.6. The topological polar surface area (TPSA) is 97.5 Å². The van der Waals surface area contributed by atoms with E-state index in [2.05, 4.69) is 0 Å². The summed E-state index contributed by atoms with van der Waals surface area (Å²) >= 11 is 0. The van der Waals surface area contributed by atoms with Crippen molar-refractivity contribution < 1.29 is 18.3 Å². The van der Waals surface area contributed by atoms with Crippen LogP contribution in [0.1, 0.15) is 12.8 Å². The van der Waals surface area contributed by atoms with Gasteiger partial charge in [-0.25, -0.2) is 0 Å². The minimum absolute atomic E-state index is 0.213. The molecule has 82 valence electrons. The summed E-state index contributed by atoms with van der Waals surface area (Å²) in [5.41, 5.74) is 6.09. The molecular formula is C9H11NO4S. The van der Waals surface area contributed by atoms with E-state index in [1.807, 2.05) is 0 Å². The van der Waals surface area contributed by atoms with E-state index in [0.717, 1.165) is 5.57 Å². The standard InChI is InChI=1S/C9H11NO4S/c10-8(9(11)12)5-6-1-3-7(4-2-6)15(13)14/h1-3,8H,4-5,10H2,(H,11,12)/t8-/m0/s1. The monoisotopic (exact) mass is 229 g/mol. The summed E-state index contributed by atoms with van der Waals surface area (Å²) in [6.45, 7) is 0. The molecule has 0 spiro atoms. The van der Waals surface area contributed by atoms with Crippen molar-refractivity contribution in [3.8, 4) is 0 Å². The molecular weight excluding hydrogens is 218 g/mol. The SMILES string of the molecule is N[C@@H](CC1=CCC(=S(=O)=O)C=C1)C(=O)O. The molecule has 1 rings (SSSR count). The third kappa shape index (κ3) is 3.34. The van der Waals surface area contributed by atoms with E-state index in [0.29, 0.717) is 11.3 Å². The average Bonchev–Trinajstić information content (AvgIpc) is 2.18. The van der Waals surface area contributed by atoms with Crippen LogP contribution in [-0.4, -0.2) is 30.4 Å². The maximum Gasteiger partial charge on any atom is 0.320 e. The number of nitrogens with two attached hydrogens (primary N) is 1. The van der Waals surface area contributed by atoms with Crippen molar-refractivity contribution in [2.24, 2.45) is 5.73 Å². The van der Waals surface area contributed by atoms with Crippen molar-refractivity contribution in [2.45, 2.75) is 18.9 Å². The predicted molar refractivity (Wildman–Crippen MR) is 56.0 cm³/mol. The van der Waals surface area contributed by atoms with Crippen LogP contribution in [0, 0.1) is 0 Å². The molecule has 0 saturated heterocycles. The lowest BCUT2D eigenvalue weighted by Crippen LogP contribution is -2.30. The summed E-state index contributed by atoms with van der Waals surface area (Å²) in [6, 6.07) is -0.944. The van der Waals surface area contributed by atoms with Crippen LogP contribution in [0.5, 0.6) is 0 Å². The Balaban J connectivity index is 2.68. The number of rotatable bonds is 3. The zero-order valence-corrected chi connectivity index (χ0v) is 8.70. The zero-order valence-electron chi connectivity index (χ0n) is 7.88. The maximum absolute atomic E-state index is 10.6. The minimum Gasteiger partial charge on any atom is -0.480 e. The van der Waals surface area contributed by atoms with Crippen molar-refractivity contribution in [3.63, 3.8) is 0 Å². The first-order valence-corrected chi connectivity index (χ1v) is 5.39. The first-order chi connectivity index (χ1) is 7.00. The lowest BCUT2D eigenvalue weighted by Gasteiger charge is -2.09. The van der Waals surface area contributed by atoms with Crippen molar-refractivity contribution in [3.05, 3.63) is 23.8 Å². The Labute approximate surface area is 88.4 Å².